The minimum absolute atomic E-state index is 0.0575. The first-order valence-corrected chi connectivity index (χ1v) is 11.8. The van der Waals surface area contributed by atoms with Crippen LogP contribution in [0.3, 0.4) is 0 Å². The van der Waals surface area contributed by atoms with E-state index in [0.29, 0.717) is 0 Å². The van der Waals surface area contributed by atoms with E-state index in [1.807, 2.05) is 24.3 Å². The quantitative estimate of drug-likeness (QED) is 0.516. The van der Waals surface area contributed by atoms with Gasteiger partial charge in [0, 0.05) is 12.6 Å². The number of hydrogen-bond donors (Lipinski definition) is 1. The lowest BCUT2D eigenvalue weighted by Crippen LogP contribution is -2.49. The van der Waals surface area contributed by atoms with Gasteiger partial charge in [-0.05, 0) is 73.7 Å². The Hall–Kier alpha value is -3.22. The lowest BCUT2D eigenvalue weighted by Gasteiger charge is -2.38. The van der Waals surface area contributed by atoms with Crippen molar-refractivity contribution in [3.63, 3.8) is 0 Å². The zero-order chi connectivity index (χ0) is 22.4. The molecule has 0 spiro atoms. The highest BCUT2D eigenvalue weighted by Gasteiger charge is 2.39. The summed E-state index contributed by atoms with van der Waals surface area (Å²) >= 11 is 0. The van der Waals surface area contributed by atoms with Gasteiger partial charge in [-0.1, -0.05) is 42.5 Å². The molecule has 4 aromatic rings. The van der Waals surface area contributed by atoms with E-state index >= 15 is 0 Å². The van der Waals surface area contributed by atoms with Gasteiger partial charge < -0.3 is 10.5 Å². The molecule has 6 rings (SSSR count). The van der Waals surface area contributed by atoms with Crippen LogP contribution in [0.4, 0.5) is 0 Å². The van der Waals surface area contributed by atoms with E-state index in [1.165, 1.54) is 11.1 Å². The molecule has 3 atom stereocenters. The summed E-state index contributed by atoms with van der Waals surface area (Å²) in [5.74, 6) is 0.800. The number of nitrogens with two attached hydrogens (primary N) is 1. The first-order valence-electron chi connectivity index (χ1n) is 11.8. The molecule has 6 heteroatoms. The van der Waals surface area contributed by atoms with E-state index in [2.05, 4.69) is 54.3 Å². The molecular weight excluding hydrogens is 410 g/mol. The third kappa shape index (κ3) is 3.79. The van der Waals surface area contributed by atoms with Gasteiger partial charge >= 0.3 is 0 Å². The Balaban J connectivity index is 1.39. The maximum absolute atomic E-state index is 6.86. The summed E-state index contributed by atoms with van der Waals surface area (Å²) < 4.78 is 6.86. The summed E-state index contributed by atoms with van der Waals surface area (Å²) in [5.41, 5.74) is 12.7. The van der Waals surface area contributed by atoms with Crippen LogP contribution in [0.1, 0.15) is 35.6 Å². The van der Waals surface area contributed by atoms with Crippen molar-refractivity contribution in [2.45, 2.75) is 44.4 Å². The Bertz CT molecular complexity index is 1270. The second-order valence-electron chi connectivity index (χ2n) is 9.36. The van der Waals surface area contributed by atoms with Gasteiger partial charge in [-0.15, -0.1) is 15.0 Å². The fourth-order valence-electron chi connectivity index (χ4n) is 5.33. The summed E-state index contributed by atoms with van der Waals surface area (Å²) in [4.78, 5) is 4.24. The van der Waals surface area contributed by atoms with Crippen molar-refractivity contribution in [1.29, 1.82) is 0 Å². The molecule has 1 fully saturated rings. The van der Waals surface area contributed by atoms with Crippen molar-refractivity contribution in [3.05, 3.63) is 83.4 Å². The van der Waals surface area contributed by atoms with Gasteiger partial charge in [-0.3, -0.25) is 4.90 Å². The number of benzene rings is 3. The van der Waals surface area contributed by atoms with E-state index in [1.54, 1.807) is 4.80 Å². The fourth-order valence-corrected chi connectivity index (χ4v) is 5.33. The van der Waals surface area contributed by atoms with Crippen molar-refractivity contribution in [2.75, 3.05) is 13.1 Å². The van der Waals surface area contributed by atoms with Crippen molar-refractivity contribution < 1.29 is 4.74 Å². The topological polar surface area (TPSA) is 69.2 Å². The van der Waals surface area contributed by atoms with Gasteiger partial charge in [-0.25, -0.2) is 0 Å². The second kappa shape index (κ2) is 8.28. The van der Waals surface area contributed by atoms with Crippen LogP contribution < -0.4 is 10.5 Å². The third-order valence-electron chi connectivity index (χ3n) is 6.97. The fraction of sp³-hybridized carbons (Fsp3) is 0.333. The Labute approximate surface area is 194 Å². The number of aryl methyl sites for hydroxylation is 1. The smallest absolute Gasteiger partial charge is 0.147 e. The zero-order valence-electron chi connectivity index (χ0n) is 18.9. The number of rotatable bonds is 4. The molecule has 1 saturated heterocycles. The van der Waals surface area contributed by atoms with Crippen LogP contribution in [-0.4, -0.2) is 45.1 Å². The number of piperidine rings is 1. The van der Waals surface area contributed by atoms with Gasteiger partial charge in [0.25, 0.3) is 0 Å². The minimum Gasteiger partial charge on any atom is -0.482 e. The van der Waals surface area contributed by atoms with Crippen LogP contribution in [0.2, 0.25) is 0 Å². The van der Waals surface area contributed by atoms with E-state index in [0.717, 1.165) is 60.4 Å². The van der Waals surface area contributed by atoms with Gasteiger partial charge in [0.1, 0.15) is 28.6 Å². The first-order chi connectivity index (χ1) is 16.2. The largest absolute Gasteiger partial charge is 0.482 e. The third-order valence-corrected chi connectivity index (χ3v) is 6.97. The van der Waals surface area contributed by atoms with E-state index in [4.69, 9.17) is 20.7 Å². The summed E-state index contributed by atoms with van der Waals surface area (Å²) in [6.07, 6.45) is 3.17. The highest BCUT2D eigenvalue weighted by Crippen LogP contribution is 2.40. The number of nitrogens with zero attached hydrogens (tertiary/aromatic N) is 4. The Morgan fingerprint density at radius 1 is 0.970 bits per heavy atom. The SMILES string of the molecule is Cc1ccc(OC2c3ccccc3CC2N2CCCC(N)C2)c(-n2nc3ccccc3n2)c1. The van der Waals surface area contributed by atoms with Gasteiger partial charge in [0.2, 0.25) is 0 Å². The predicted molar refractivity (Wildman–Crippen MR) is 130 cm³/mol. The van der Waals surface area contributed by atoms with Gasteiger partial charge in [0.05, 0.1) is 6.04 Å². The van der Waals surface area contributed by atoms with E-state index in [-0.39, 0.29) is 18.2 Å². The molecule has 6 nitrogen and oxygen atoms in total. The van der Waals surface area contributed by atoms with Crippen molar-refractivity contribution in [3.8, 4) is 11.4 Å². The summed E-state index contributed by atoms with van der Waals surface area (Å²) in [6.45, 7) is 4.07. The van der Waals surface area contributed by atoms with Crippen LogP contribution >= 0.6 is 0 Å². The molecule has 168 valence electrons. The molecule has 3 unspecified atom stereocenters. The average molecular weight is 440 g/mol. The van der Waals surface area contributed by atoms with Crippen molar-refractivity contribution >= 4 is 11.0 Å². The summed E-state index contributed by atoms with van der Waals surface area (Å²) in [6, 6.07) is 23.4. The number of ether oxygens (including phenoxy) is 1. The predicted octanol–water partition coefficient (Wildman–Crippen LogP) is 4.20. The monoisotopic (exact) mass is 439 g/mol. The highest BCUT2D eigenvalue weighted by atomic mass is 16.5. The number of fused-ring (bicyclic) bond motifs is 2. The maximum Gasteiger partial charge on any atom is 0.147 e. The van der Waals surface area contributed by atoms with Gasteiger partial charge in [0.15, 0.2) is 0 Å². The molecule has 2 heterocycles. The van der Waals surface area contributed by atoms with Crippen LogP contribution in [0.5, 0.6) is 5.75 Å². The van der Waals surface area contributed by atoms with E-state index < -0.39 is 0 Å². The summed E-state index contributed by atoms with van der Waals surface area (Å²) in [7, 11) is 0. The average Bonchev–Trinajstić information content (AvgIpc) is 3.42. The van der Waals surface area contributed by atoms with Crippen LogP contribution in [0.15, 0.2) is 66.7 Å². The van der Waals surface area contributed by atoms with E-state index in [9.17, 15) is 0 Å². The Morgan fingerprint density at radius 3 is 2.52 bits per heavy atom. The molecule has 1 aliphatic carbocycles. The van der Waals surface area contributed by atoms with Crippen LogP contribution in [0, 0.1) is 6.92 Å². The van der Waals surface area contributed by atoms with Crippen molar-refractivity contribution in [1.82, 2.24) is 19.9 Å². The highest BCUT2D eigenvalue weighted by molar-refractivity contribution is 5.73. The van der Waals surface area contributed by atoms with Crippen molar-refractivity contribution in [2.24, 2.45) is 5.73 Å². The summed E-state index contributed by atoms with van der Waals surface area (Å²) in [5, 5.41) is 9.44. The minimum atomic E-state index is -0.0575. The number of likely N-dealkylation sites (tertiary alicyclic amines) is 1. The standard InChI is InChI=1S/C27H29N5O/c1-18-12-13-26(24(15-18)32-29-22-10-4-5-11-23(22)30-32)33-27-21-9-3-2-7-19(21)16-25(27)31-14-6-8-20(28)17-31/h2-5,7,9-13,15,20,25,27H,6,8,14,16-17,28H2,1H3. The molecule has 1 aromatic heterocycles. The zero-order valence-corrected chi connectivity index (χ0v) is 18.9. The van der Waals surface area contributed by atoms with Crippen LogP contribution in [-0.2, 0) is 6.42 Å². The second-order valence-corrected chi connectivity index (χ2v) is 9.36. The molecule has 3 aromatic carbocycles. The van der Waals surface area contributed by atoms with Crippen LogP contribution in [0.25, 0.3) is 16.7 Å². The Morgan fingerprint density at radius 2 is 1.73 bits per heavy atom. The molecule has 0 bridgehead atoms. The first kappa shape index (κ1) is 20.4. The molecule has 2 N–H and O–H groups in total. The van der Waals surface area contributed by atoms with Gasteiger partial charge in [-0.2, -0.15) is 0 Å². The molecule has 1 aliphatic heterocycles. The maximum atomic E-state index is 6.86. The molecule has 0 saturated carbocycles. The number of hydrogen-bond acceptors (Lipinski definition) is 5. The normalized spacial score (nSPS) is 23.0. The lowest BCUT2D eigenvalue weighted by atomic mass is 10.0. The molecule has 33 heavy (non-hydrogen) atoms. The molecule has 0 amide bonds. The molecule has 0 radical (unpaired) electrons. The number of aromatic nitrogens is 3. The lowest BCUT2D eigenvalue weighted by molar-refractivity contribution is 0.0591. The Kier molecular flexibility index (Phi) is 5.12. The molecular formula is C27H29N5O. The molecule has 2 aliphatic rings.